The molecule has 250 valence electrons. The van der Waals surface area contributed by atoms with E-state index in [1.807, 2.05) is 6.92 Å². The number of hydrogen-bond acceptors (Lipinski definition) is 6. The molecule has 10 atom stereocenters. The highest BCUT2D eigenvalue weighted by Gasteiger charge is 2.67. The van der Waals surface area contributed by atoms with Gasteiger partial charge < -0.3 is 35.7 Å². The van der Waals surface area contributed by atoms with Gasteiger partial charge in [0.25, 0.3) is 0 Å². The number of quaternary nitrogens is 1. The summed E-state index contributed by atoms with van der Waals surface area (Å²) in [5.74, 6) is 2.33. The minimum absolute atomic E-state index is 0. The lowest BCUT2D eigenvalue weighted by molar-refractivity contribution is -0.952. The molecule has 0 N–H and O–H groups in total. The summed E-state index contributed by atoms with van der Waals surface area (Å²) in [6.45, 7) is 19.6. The second-order valence-electron chi connectivity index (χ2n) is 15.8. The number of piperidine rings is 1. The van der Waals surface area contributed by atoms with Crippen LogP contribution in [0.2, 0.25) is 0 Å². The number of carbonyl (C=O) groups excluding carboxylic acids is 2. The van der Waals surface area contributed by atoms with Crippen LogP contribution < -0.4 is 17.0 Å². The standard InChI is InChI=1S/C36H59N2O5.BrH/c1-6-17-38(18-9-8-10-19-38)31-23-29-27-12-11-26-22-32(42-25(3)39)30(37-15-20-41-21-16-37)24-36(26,5)28(27)13-14-35(29,4)34(31)43-33(40)7-2;/h6,26-32,34H,1,7-24H2,2-5H3;1H/q+1;/p-1/t26-,27?,28?,29?,30-,31-,32-,34-,35-,36-;/m0./s1. The highest BCUT2D eigenvalue weighted by Crippen LogP contribution is 2.67. The monoisotopic (exact) mass is 678 g/mol. The molecule has 6 fully saturated rings. The Morgan fingerprint density at radius 2 is 1.73 bits per heavy atom. The number of esters is 2. The molecule has 2 saturated heterocycles. The lowest BCUT2D eigenvalue weighted by Gasteiger charge is -2.62. The number of rotatable bonds is 7. The number of carbonyl (C=O) groups is 2. The Morgan fingerprint density at radius 1 is 1.00 bits per heavy atom. The van der Waals surface area contributed by atoms with Gasteiger partial charge in [0, 0.05) is 44.3 Å². The van der Waals surface area contributed by atoms with E-state index in [1.165, 1.54) is 58.0 Å². The Balaban J connectivity index is 0.00000384. The lowest BCUT2D eigenvalue weighted by Crippen LogP contribution is -3.00. The number of likely N-dealkylation sites (tertiary alicyclic amines) is 1. The molecule has 2 aliphatic heterocycles. The van der Waals surface area contributed by atoms with Crippen LogP contribution in [0.5, 0.6) is 0 Å². The molecule has 0 spiro atoms. The van der Waals surface area contributed by atoms with Crippen LogP contribution >= 0.6 is 0 Å². The van der Waals surface area contributed by atoms with Gasteiger partial charge in [-0.25, -0.2) is 0 Å². The van der Waals surface area contributed by atoms with Crippen molar-refractivity contribution in [2.75, 3.05) is 45.9 Å². The molecule has 0 amide bonds. The number of nitrogens with zero attached hydrogens (tertiary/aromatic N) is 2. The third-order valence-electron chi connectivity index (χ3n) is 13.9. The highest BCUT2D eigenvalue weighted by molar-refractivity contribution is 5.69. The predicted molar refractivity (Wildman–Crippen MR) is 167 cm³/mol. The maximum atomic E-state index is 13.0. The van der Waals surface area contributed by atoms with Gasteiger partial charge in [-0.05, 0) is 93.0 Å². The average molecular weight is 680 g/mol. The molecule has 0 aromatic heterocycles. The van der Waals surface area contributed by atoms with Gasteiger partial charge in [0.2, 0.25) is 0 Å². The minimum Gasteiger partial charge on any atom is -1.00 e. The maximum absolute atomic E-state index is 13.0. The average Bonchev–Trinajstić information content (AvgIpc) is 3.30. The Bertz CT molecular complexity index is 1040. The van der Waals surface area contributed by atoms with Crippen molar-refractivity contribution in [3.8, 4) is 0 Å². The van der Waals surface area contributed by atoms with E-state index in [-0.39, 0.29) is 58.0 Å². The van der Waals surface area contributed by atoms with Crippen LogP contribution in [0.25, 0.3) is 0 Å². The maximum Gasteiger partial charge on any atom is 0.306 e. The molecule has 6 rings (SSSR count). The summed E-state index contributed by atoms with van der Waals surface area (Å²) in [5, 5.41) is 0. The van der Waals surface area contributed by atoms with Crippen molar-refractivity contribution in [2.45, 2.75) is 123 Å². The van der Waals surface area contributed by atoms with Gasteiger partial charge in [0.15, 0.2) is 6.10 Å². The van der Waals surface area contributed by atoms with Gasteiger partial charge in [-0.15, -0.1) is 0 Å². The molecule has 4 aliphatic carbocycles. The first-order valence-electron chi connectivity index (χ1n) is 17.8. The van der Waals surface area contributed by atoms with Crippen molar-refractivity contribution in [2.24, 2.45) is 34.5 Å². The Kier molecular flexibility index (Phi) is 10.7. The van der Waals surface area contributed by atoms with Crippen LogP contribution in [-0.2, 0) is 23.8 Å². The molecule has 2 heterocycles. The van der Waals surface area contributed by atoms with E-state index >= 15 is 0 Å². The van der Waals surface area contributed by atoms with Crippen molar-refractivity contribution in [3.05, 3.63) is 12.7 Å². The number of hydrogen-bond donors (Lipinski definition) is 0. The molecule has 0 aromatic carbocycles. The van der Waals surface area contributed by atoms with Crippen LogP contribution in [0.3, 0.4) is 0 Å². The predicted octanol–water partition coefficient (Wildman–Crippen LogP) is 2.76. The summed E-state index contributed by atoms with van der Waals surface area (Å²) in [6.07, 6.45) is 14.5. The smallest absolute Gasteiger partial charge is 0.306 e. The van der Waals surface area contributed by atoms with Crippen molar-refractivity contribution in [3.63, 3.8) is 0 Å². The first kappa shape index (κ1) is 34.4. The Hall–Kier alpha value is -0.960. The zero-order valence-electron chi connectivity index (χ0n) is 27.9. The summed E-state index contributed by atoms with van der Waals surface area (Å²) in [7, 11) is 0. The van der Waals surface area contributed by atoms with E-state index in [2.05, 4.69) is 31.4 Å². The van der Waals surface area contributed by atoms with Gasteiger partial charge in [-0.3, -0.25) is 14.5 Å². The molecule has 4 saturated carbocycles. The minimum atomic E-state index is -0.145. The van der Waals surface area contributed by atoms with Crippen molar-refractivity contribution < 1.29 is 45.3 Å². The number of ether oxygens (including phenoxy) is 3. The van der Waals surface area contributed by atoms with Crippen molar-refractivity contribution in [1.29, 1.82) is 0 Å². The first-order valence-corrected chi connectivity index (χ1v) is 17.8. The second kappa shape index (κ2) is 13.6. The van der Waals surface area contributed by atoms with E-state index < -0.39 is 0 Å². The molecular weight excluding hydrogens is 620 g/mol. The third kappa shape index (κ3) is 5.96. The van der Waals surface area contributed by atoms with E-state index in [0.717, 1.165) is 56.6 Å². The molecular formula is C36H59BrN2O5. The van der Waals surface area contributed by atoms with E-state index in [0.29, 0.717) is 36.1 Å². The van der Waals surface area contributed by atoms with Gasteiger partial charge in [0.05, 0.1) is 32.8 Å². The summed E-state index contributed by atoms with van der Waals surface area (Å²) < 4.78 is 19.4. The van der Waals surface area contributed by atoms with Gasteiger partial charge in [-0.2, -0.15) is 0 Å². The van der Waals surface area contributed by atoms with Crippen LogP contribution in [0.4, 0.5) is 0 Å². The van der Waals surface area contributed by atoms with Gasteiger partial charge >= 0.3 is 11.9 Å². The van der Waals surface area contributed by atoms with E-state index in [4.69, 9.17) is 14.2 Å². The fourth-order valence-corrected chi connectivity index (χ4v) is 11.8. The number of morpholine rings is 1. The van der Waals surface area contributed by atoms with Crippen molar-refractivity contribution in [1.82, 2.24) is 4.90 Å². The van der Waals surface area contributed by atoms with Gasteiger partial charge in [0.1, 0.15) is 12.1 Å². The summed E-state index contributed by atoms with van der Waals surface area (Å²) >= 11 is 0. The normalized spacial score (nSPS) is 43.4. The fourth-order valence-electron chi connectivity index (χ4n) is 11.8. The van der Waals surface area contributed by atoms with Crippen LogP contribution in [0.15, 0.2) is 12.7 Å². The zero-order valence-corrected chi connectivity index (χ0v) is 29.5. The topological polar surface area (TPSA) is 65.1 Å². The second-order valence-corrected chi connectivity index (χ2v) is 15.8. The lowest BCUT2D eigenvalue weighted by atomic mass is 9.44. The molecule has 0 radical (unpaired) electrons. The quantitative estimate of drug-likeness (QED) is 0.235. The van der Waals surface area contributed by atoms with E-state index in [1.54, 1.807) is 6.92 Å². The number of fused-ring (bicyclic) bond motifs is 5. The first-order chi connectivity index (χ1) is 20.6. The number of halogens is 1. The van der Waals surface area contributed by atoms with Crippen LogP contribution in [-0.4, -0.2) is 91.6 Å². The van der Waals surface area contributed by atoms with E-state index in [9.17, 15) is 9.59 Å². The van der Waals surface area contributed by atoms with Crippen LogP contribution in [0, 0.1) is 34.5 Å². The van der Waals surface area contributed by atoms with Crippen molar-refractivity contribution >= 4 is 11.9 Å². The third-order valence-corrected chi connectivity index (χ3v) is 13.9. The Labute approximate surface area is 277 Å². The molecule has 0 aromatic rings. The summed E-state index contributed by atoms with van der Waals surface area (Å²) in [4.78, 5) is 27.8. The van der Waals surface area contributed by atoms with Crippen LogP contribution in [0.1, 0.15) is 98.3 Å². The Morgan fingerprint density at radius 3 is 2.39 bits per heavy atom. The molecule has 0 bridgehead atoms. The SMILES string of the molecule is C=CC[N+]1([C@H]2CC3C4CC[C@H]5C[C@H](OC(C)=O)[C@@H](N6CCOCC6)C[C@]5(C)C4CC[C@]3(C)[C@H]2OC(=O)CC)CCCCC1.[Br-]. The highest BCUT2D eigenvalue weighted by atomic mass is 79.9. The molecule has 44 heavy (non-hydrogen) atoms. The molecule has 6 aliphatic rings. The molecule has 3 unspecified atom stereocenters. The molecule has 8 heteroatoms. The molecule has 7 nitrogen and oxygen atoms in total. The summed E-state index contributed by atoms with van der Waals surface area (Å²) in [5.41, 5.74) is 0.262. The zero-order chi connectivity index (χ0) is 30.4. The largest absolute Gasteiger partial charge is 1.00 e. The fraction of sp³-hybridized carbons (Fsp3) is 0.889. The van der Waals surface area contributed by atoms with Gasteiger partial charge in [-0.1, -0.05) is 27.4 Å². The summed E-state index contributed by atoms with van der Waals surface area (Å²) in [6, 6.07) is 0.638.